The molecule has 2 aliphatic rings. The van der Waals surface area contributed by atoms with Crippen molar-refractivity contribution in [2.24, 2.45) is 5.41 Å². The van der Waals surface area contributed by atoms with Gasteiger partial charge < -0.3 is 24.3 Å². The van der Waals surface area contributed by atoms with Crippen LogP contribution >= 0.6 is 0 Å². The van der Waals surface area contributed by atoms with Crippen LogP contribution in [-0.4, -0.2) is 22.6 Å². The normalized spacial score (nSPS) is 17.3. The molecule has 1 atom stereocenters. The number of carbonyl (C=O) groups is 1. The van der Waals surface area contributed by atoms with Gasteiger partial charge in [0.2, 0.25) is 0 Å². The Labute approximate surface area is 249 Å². The summed E-state index contributed by atoms with van der Waals surface area (Å²) in [4.78, 5) is 20.2. The average molecular weight is 584 g/mol. The number of carbonyl (C=O) groups excluding carboxylic acids is 1. The first kappa shape index (κ1) is 28.3. The fourth-order valence-electron chi connectivity index (χ4n) is 5.61. The highest BCUT2D eigenvalue weighted by atomic mass is 19.1. The molecular formula is C34H34FN3O5. The average Bonchev–Trinajstić information content (AvgIpc) is 3.23. The maximum Gasteiger partial charge on any atom is 0.281 e. The Morgan fingerprint density at radius 1 is 1.14 bits per heavy atom. The molecule has 43 heavy (non-hydrogen) atoms. The fourth-order valence-corrected chi connectivity index (χ4v) is 5.61. The van der Waals surface area contributed by atoms with Gasteiger partial charge in [-0.1, -0.05) is 49.7 Å². The Kier molecular flexibility index (Phi) is 7.12. The van der Waals surface area contributed by atoms with E-state index in [1.54, 1.807) is 38.1 Å². The molecule has 2 aliphatic heterocycles. The summed E-state index contributed by atoms with van der Waals surface area (Å²) < 4.78 is 34.1. The molecule has 3 aromatic carbocycles. The lowest BCUT2D eigenvalue weighted by Gasteiger charge is -2.37. The van der Waals surface area contributed by atoms with Crippen molar-refractivity contribution < 1.29 is 28.2 Å². The second-order valence-electron chi connectivity index (χ2n) is 11.9. The van der Waals surface area contributed by atoms with Gasteiger partial charge in [-0.2, -0.15) is 0 Å². The van der Waals surface area contributed by atoms with E-state index in [-0.39, 0.29) is 29.0 Å². The number of oxazole rings is 1. The smallest absolute Gasteiger partial charge is 0.281 e. The summed E-state index contributed by atoms with van der Waals surface area (Å²) in [7, 11) is 0. The number of ether oxygens (including phenoxy) is 2. The van der Waals surface area contributed by atoms with E-state index in [1.165, 1.54) is 17.0 Å². The molecule has 4 aromatic rings. The number of fused-ring (bicyclic) bond motifs is 1. The molecule has 8 nitrogen and oxygen atoms in total. The van der Waals surface area contributed by atoms with Crippen LogP contribution in [0.15, 0.2) is 76.5 Å². The minimum atomic E-state index is -1.02. The summed E-state index contributed by atoms with van der Waals surface area (Å²) in [6.07, 6.45) is 0.552. The van der Waals surface area contributed by atoms with Gasteiger partial charge in [0.25, 0.3) is 5.91 Å². The summed E-state index contributed by atoms with van der Waals surface area (Å²) >= 11 is 0. The Morgan fingerprint density at radius 2 is 1.91 bits per heavy atom. The minimum Gasteiger partial charge on any atom is -0.506 e. The van der Waals surface area contributed by atoms with Crippen molar-refractivity contribution in [3.8, 4) is 11.5 Å². The molecule has 2 N–H and O–H groups in total. The predicted molar refractivity (Wildman–Crippen MR) is 161 cm³/mol. The Balaban J connectivity index is 1.48. The molecule has 1 amide bonds. The third-order valence-electron chi connectivity index (χ3n) is 7.75. The number of rotatable bonds is 5. The zero-order valence-electron chi connectivity index (χ0n) is 24.8. The van der Waals surface area contributed by atoms with Gasteiger partial charge in [0, 0.05) is 24.0 Å². The number of hydrogen-bond acceptors (Lipinski definition) is 7. The van der Waals surface area contributed by atoms with Crippen LogP contribution < -0.4 is 15.0 Å². The highest BCUT2D eigenvalue weighted by Gasteiger charge is 2.43. The first-order valence-corrected chi connectivity index (χ1v) is 14.2. The van der Waals surface area contributed by atoms with Crippen molar-refractivity contribution in [3.05, 3.63) is 112 Å². The zero-order valence-corrected chi connectivity index (χ0v) is 24.8. The van der Waals surface area contributed by atoms with Crippen molar-refractivity contribution in [3.63, 3.8) is 0 Å². The van der Waals surface area contributed by atoms with E-state index in [0.29, 0.717) is 53.3 Å². The summed E-state index contributed by atoms with van der Waals surface area (Å²) in [5, 5.41) is 14.3. The Bertz CT molecular complexity index is 1740. The molecular weight excluding hydrogens is 549 g/mol. The number of benzene rings is 3. The van der Waals surface area contributed by atoms with Crippen LogP contribution in [0.4, 0.5) is 15.8 Å². The van der Waals surface area contributed by atoms with Gasteiger partial charge in [0.05, 0.1) is 18.0 Å². The first-order valence-electron chi connectivity index (χ1n) is 14.2. The molecule has 0 saturated carbocycles. The number of para-hydroxylation sites is 1. The predicted octanol–water partition coefficient (Wildman–Crippen LogP) is 7.50. The SMILES string of the molecule is Cc1ccc(COc2ccc(C3C4=C(CC(C)(C)CO4)Nc4c(O)cccc4N3C(=O)c3nc(C)oc3C)c(F)c2)cc1. The maximum atomic E-state index is 16.2. The van der Waals surface area contributed by atoms with Crippen LogP contribution in [0.25, 0.3) is 0 Å². The molecule has 0 saturated heterocycles. The van der Waals surface area contributed by atoms with Crippen LogP contribution in [0.5, 0.6) is 11.5 Å². The Hall–Kier alpha value is -4.79. The van der Waals surface area contributed by atoms with E-state index < -0.39 is 17.8 Å². The number of phenols is 1. The molecule has 0 fully saturated rings. The van der Waals surface area contributed by atoms with E-state index in [2.05, 4.69) is 24.1 Å². The number of nitrogens with zero attached hydrogens (tertiary/aromatic N) is 2. The third-order valence-corrected chi connectivity index (χ3v) is 7.75. The first-order chi connectivity index (χ1) is 20.5. The highest BCUT2D eigenvalue weighted by Crippen LogP contribution is 2.50. The number of aryl methyl sites for hydroxylation is 3. The highest BCUT2D eigenvalue weighted by molar-refractivity contribution is 6.09. The van der Waals surface area contributed by atoms with Crippen LogP contribution in [0.2, 0.25) is 0 Å². The molecule has 222 valence electrons. The standard InChI is InChI=1S/C34H34FN3O5/c1-19-9-11-22(12-10-19)17-41-23-13-14-24(25(35)15-23)31-32-26(16-34(4,5)18-42-32)37-30-27(7-6-8-28(30)39)38(31)33(40)29-20(2)43-21(3)36-29/h6-15,31,37,39H,16-18H2,1-5H3. The quantitative estimate of drug-likeness (QED) is 0.235. The summed E-state index contributed by atoms with van der Waals surface area (Å²) in [6, 6.07) is 16.4. The maximum absolute atomic E-state index is 16.2. The number of nitrogens with one attached hydrogen (secondary N) is 1. The van der Waals surface area contributed by atoms with Gasteiger partial charge >= 0.3 is 0 Å². The van der Waals surface area contributed by atoms with E-state index in [9.17, 15) is 9.90 Å². The Morgan fingerprint density at radius 3 is 2.60 bits per heavy atom. The second-order valence-corrected chi connectivity index (χ2v) is 11.9. The number of amides is 1. The monoisotopic (exact) mass is 583 g/mol. The molecule has 0 aliphatic carbocycles. The lowest BCUT2D eigenvalue weighted by Crippen LogP contribution is -2.39. The van der Waals surface area contributed by atoms with Gasteiger partial charge in [-0.25, -0.2) is 9.37 Å². The number of phenolic OH excluding ortho intramolecular Hbond substituents is 1. The molecule has 0 radical (unpaired) electrons. The lowest BCUT2D eigenvalue weighted by molar-refractivity contribution is 0.0756. The molecule has 1 aromatic heterocycles. The van der Waals surface area contributed by atoms with Crippen molar-refractivity contribution in [2.45, 2.75) is 53.7 Å². The van der Waals surface area contributed by atoms with Crippen LogP contribution in [0, 0.1) is 32.0 Å². The van der Waals surface area contributed by atoms with E-state index in [0.717, 1.165) is 11.1 Å². The van der Waals surface area contributed by atoms with Crippen molar-refractivity contribution in [2.75, 3.05) is 16.8 Å². The zero-order chi connectivity index (χ0) is 30.5. The summed E-state index contributed by atoms with van der Waals surface area (Å²) in [5.74, 6) is 0.273. The number of aromatic hydroxyl groups is 1. The second kappa shape index (κ2) is 10.8. The van der Waals surface area contributed by atoms with E-state index in [1.807, 2.05) is 31.2 Å². The van der Waals surface area contributed by atoms with Crippen molar-refractivity contribution >= 4 is 17.3 Å². The lowest BCUT2D eigenvalue weighted by atomic mass is 9.85. The number of allylic oxidation sites excluding steroid dienone is 1. The van der Waals surface area contributed by atoms with Crippen LogP contribution in [0.3, 0.4) is 0 Å². The third kappa shape index (κ3) is 5.43. The van der Waals surface area contributed by atoms with Crippen LogP contribution in [0.1, 0.15) is 65.1 Å². The number of halogens is 1. The topological polar surface area (TPSA) is 97.1 Å². The van der Waals surface area contributed by atoms with Gasteiger partial charge in [-0.15, -0.1) is 0 Å². The largest absolute Gasteiger partial charge is 0.506 e. The molecule has 3 heterocycles. The van der Waals surface area contributed by atoms with Crippen molar-refractivity contribution in [1.29, 1.82) is 0 Å². The van der Waals surface area contributed by atoms with Gasteiger partial charge in [0.1, 0.15) is 47.2 Å². The summed E-state index contributed by atoms with van der Waals surface area (Å²) in [6.45, 7) is 10.1. The van der Waals surface area contributed by atoms with Crippen LogP contribution in [-0.2, 0) is 11.3 Å². The molecule has 0 spiro atoms. The fraction of sp³-hybridized carbons (Fsp3) is 0.294. The molecule has 0 bridgehead atoms. The van der Waals surface area contributed by atoms with Crippen molar-refractivity contribution in [1.82, 2.24) is 4.98 Å². The molecule has 9 heteroatoms. The van der Waals surface area contributed by atoms with E-state index in [4.69, 9.17) is 13.9 Å². The molecule has 1 unspecified atom stereocenters. The van der Waals surface area contributed by atoms with Gasteiger partial charge in [-0.05, 0) is 50.1 Å². The number of hydrogen-bond donors (Lipinski definition) is 2. The number of anilines is 2. The van der Waals surface area contributed by atoms with Gasteiger partial charge in [-0.3, -0.25) is 9.69 Å². The number of aromatic nitrogens is 1. The minimum absolute atomic E-state index is 0.0560. The van der Waals surface area contributed by atoms with Gasteiger partial charge in [0.15, 0.2) is 11.6 Å². The summed E-state index contributed by atoms with van der Waals surface area (Å²) in [5.41, 5.74) is 3.49. The molecule has 6 rings (SSSR count). The van der Waals surface area contributed by atoms with E-state index >= 15 is 4.39 Å².